The molecule has 0 spiro atoms. The maximum atomic E-state index is 11.9. The number of nitrogens with zero attached hydrogens (tertiary/aromatic N) is 2. The Hall–Kier alpha value is -2.87. The average Bonchev–Trinajstić information content (AvgIpc) is 2.47. The monoisotopic (exact) mass is 269 g/mol. The first-order valence-electron chi connectivity index (χ1n) is 5.94. The molecule has 2 amide bonds. The summed E-state index contributed by atoms with van der Waals surface area (Å²) >= 11 is 0. The summed E-state index contributed by atoms with van der Waals surface area (Å²) in [5, 5.41) is 11.2. The number of nitriles is 1. The van der Waals surface area contributed by atoms with E-state index in [1.165, 1.54) is 17.1 Å². The van der Waals surface area contributed by atoms with Gasteiger partial charge in [-0.15, -0.1) is 13.2 Å². The fourth-order valence-corrected chi connectivity index (χ4v) is 1.51. The molecule has 0 aliphatic heterocycles. The lowest BCUT2D eigenvalue weighted by Crippen LogP contribution is -2.39. The Balaban J connectivity index is 2.73. The van der Waals surface area contributed by atoms with Gasteiger partial charge in [0, 0.05) is 18.8 Å². The number of hydrogen-bond acceptors (Lipinski definition) is 3. The third kappa shape index (κ3) is 4.10. The quantitative estimate of drug-likeness (QED) is 0.653. The highest BCUT2D eigenvalue weighted by molar-refractivity contribution is 6.39. The van der Waals surface area contributed by atoms with Crippen molar-refractivity contribution in [3.05, 3.63) is 55.1 Å². The van der Waals surface area contributed by atoms with Crippen LogP contribution in [0.4, 0.5) is 5.69 Å². The fourth-order valence-electron chi connectivity index (χ4n) is 1.51. The minimum atomic E-state index is -0.738. The zero-order valence-electron chi connectivity index (χ0n) is 11.0. The predicted molar refractivity (Wildman–Crippen MR) is 76.8 cm³/mol. The minimum Gasteiger partial charge on any atom is -0.327 e. The van der Waals surface area contributed by atoms with Gasteiger partial charge in [0.05, 0.1) is 11.6 Å². The first-order valence-corrected chi connectivity index (χ1v) is 5.94. The highest BCUT2D eigenvalue weighted by atomic mass is 16.2. The van der Waals surface area contributed by atoms with Crippen molar-refractivity contribution in [1.29, 1.82) is 5.26 Å². The standard InChI is InChI=1S/C15H15N3O2/c1-3-9-18(10-4-2)15(20)14(19)17-13-7-5-12(11-16)6-8-13/h3-8H,1-2,9-10H2,(H,17,19). The molecule has 0 aromatic heterocycles. The van der Waals surface area contributed by atoms with Crippen LogP contribution in [0.5, 0.6) is 0 Å². The van der Waals surface area contributed by atoms with E-state index < -0.39 is 11.8 Å². The summed E-state index contributed by atoms with van der Waals surface area (Å²) in [6.45, 7) is 7.61. The van der Waals surface area contributed by atoms with Crippen molar-refractivity contribution in [3.8, 4) is 6.07 Å². The number of carbonyl (C=O) groups excluding carboxylic acids is 2. The second kappa shape index (κ2) is 7.54. The molecule has 1 aromatic carbocycles. The lowest BCUT2D eigenvalue weighted by Gasteiger charge is -2.18. The smallest absolute Gasteiger partial charge is 0.313 e. The number of nitrogens with one attached hydrogen (secondary N) is 1. The molecule has 1 aromatic rings. The van der Waals surface area contributed by atoms with Crippen molar-refractivity contribution in [1.82, 2.24) is 4.90 Å². The maximum absolute atomic E-state index is 11.9. The van der Waals surface area contributed by atoms with E-state index in [0.717, 1.165) is 0 Å². The Morgan fingerprint density at radius 1 is 1.20 bits per heavy atom. The summed E-state index contributed by atoms with van der Waals surface area (Å²) < 4.78 is 0. The third-order valence-electron chi connectivity index (χ3n) is 2.45. The number of hydrogen-bond donors (Lipinski definition) is 1. The number of anilines is 1. The first kappa shape index (κ1) is 15.2. The summed E-state index contributed by atoms with van der Waals surface area (Å²) in [6.07, 6.45) is 3.08. The molecule has 0 heterocycles. The first-order chi connectivity index (χ1) is 9.62. The molecule has 102 valence electrons. The summed E-state index contributed by atoms with van der Waals surface area (Å²) in [5.74, 6) is -1.40. The van der Waals surface area contributed by atoms with Crippen LogP contribution in [0.3, 0.4) is 0 Å². The van der Waals surface area contributed by atoms with E-state index >= 15 is 0 Å². The molecule has 0 saturated heterocycles. The van der Waals surface area contributed by atoms with Gasteiger partial charge in [-0.3, -0.25) is 9.59 Å². The Kier molecular flexibility index (Phi) is 5.73. The molecule has 0 fully saturated rings. The SMILES string of the molecule is C=CCN(CC=C)C(=O)C(=O)Nc1ccc(C#N)cc1. The van der Waals surface area contributed by atoms with Crippen molar-refractivity contribution in [2.75, 3.05) is 18.4 Å². The number of rotatable bonds is 5. The summed E-state index contributed by atoms with van der Waals surface area (Å²) in [6, 6.07) is 8.22. The van der Waals surface area contributed by atoms with Gasteiger partial charge >= 0.3 is 11.8 Å². The van der Waals surface area contributed by atoms with Crippen molar-refractivity contribution in [2.45, 2.75) is 0 Å². The Bertz CT molecular complexity index is 545. The zero-order chi connectivity index (χ0) is 15.0. The fraction of sp³-hybridized carbons (Fsp3) is 0.133. The van der Waals surface area contributed by atoms with Crippen LogP contribution in [0.2, 0.25) is 0 Å². The van der Waals surface area contributed by atoms with Crippen molar-refractivity contribution >= 4 is 17.5 Å². The molecule has 1 rings (SSSR count). The van der Waals surface area contributed by atoms with Crippen molar-refractivity contribution in [2.24, 2.45) is 0 Å². The number of carbonyl (C=O) groups is 2. The molecule has 0 unspecified atom stereocenters. The molecule has 0 bridgehead atoms. The van der Waals surface area contributed by atoms with Crippen LogP contribution in [0, 0.1) is 11.3 Å². The Morgan fingerprint density at radius 3 is 2.20 bits per heavy atom. The van der Waals surface area contributed by atoms with E-state index in [2.05, 4.69) is 18.5 Å². The van der Waals surface area contributed by atoms with Gasteiger partial charge in [-0.05, 0) is 24.3 Å². The molecule has 0 radical (unpaired) electrons. The van der Waals surface area contributed by atoms with Crippen LogP contribution < -0.4 is 5.32 Å². The summed E-state index contributed by atoms with van der Waals surface area (Å²) in [4.78, 5) is 25.1. The topological polar surface area (TPSA) is 73.2 Å². The lowest BCUT2D eigenvalue weighted by molar-refractivity contribution is -0.142. The van der Waals surface area contributed by atoms with Gasteiger partial charge in [0.1, 0.15) is 0 Å². The van der Waals surface area contributed by atoms with E-state index in [1.54, 1.807) is 24.3 Å². The molecule has 1 N–H and O–H groups in total. The molecular formula is C15H15N3O2. The van der Waals surface area contributed by atoms with Gasteiger partial charge in [-0.2, -0.15) is 5.26 Å². The Labute approximate surface area is 117 Å². The zero-order valence-corrected chi connectivity index (χ0v) is 11.0. The van der Waals surface area contributed by atoms with Crippen LogP contribution in [0.15, 0.2) is 49.6 Å². The van der Waals surface area contributed by atoms with Gasteiger partial charge < -0.3 is 10.2 Å². The van der Waals surface area contributed by atoms with Crippen LogP contribution in [-0.4, -0.2) is 29.8 Å². The molecule has 5 heteroatoms. The Morgan fingerprint density at radius 2 is 1.75 bits per heavy atom. The summed E-state index contributed by atoms with van der Waals surface area (Å²) in [7, 11) is 0. The van der Waals surface area contributed by atoms with Crippen molar-refractivity contribution < 1.29 is 9.59 Å². The second-order valence-electron chi connectivity index (χ2n) is 3.93. The van der Waals surface area contributed by atoms with Crippen LogP contribution in [-0.2, 0) is 9.59 Å². The van der Waals surface area contributed by atoms with Crippen LogP contribution in [0.1, 0.15) is 5.56 Å². The van der Waals surface area contributed by atoms with Gasteiger partial charge in [-0.1, -0.05) is 12.2 Å². The average molecular weight is 269 g/mol. The van der Waals surface area contributed by atoms with E-state index in [4.69, 9.17) is 5.26 Å². The minimum absolute atomic E-state index is 0.269. The van der Waals surface area contributed by atoms with E-state index in [-0.39, 0.29) is 13.1 Å². The van der Waals surface area contributed by atoms with E-state index in [9.17, 15) is 9.59 Å². The molecule has 0 aliphatic rings. The third-order valence-corrected chi connectivity index (χ3v) is 2.45. The van der Waals surface area contributed by atoms with Gasteiger partial charge in [0.25, 0.3) is 0 Å². The van der Waals surface area contributed by atoms with Gasteiger partial charge in [0.2, 0.25) is 0 Å². The predicted octanol–water partition coefficient (Wildman–Crippen LogP) is 1.70. The highest BCUT2D eigenvalue weighted by Gasteiger charge is 2.19. The second-order valence-corrected chi connectivity index (χ2v) is 3.93. The number of amides is 2. The summed E-state index contributed by atoms with van der Waals surface area (Å²) in [5.41, 5.74) is 0.939. The van der Waals surface area contributed by atoms with Gasteiger partial charge in [-0.25, -0.2) is 0 Å². The molecule has 5 nitrogen and oxygen atoms in total. The highest BCUT2D eigenvalue weighted by Crippen LogP contribution is 2.09. The normalized spacial score (nSPS) is 9.15. The van der Waals surface area contributed by atoms with Crippen LogP contribution in [0.25, 0.3) is 0 Å². The largest absolute Gasteiger partial charge is 0.327 e. The van der Waals surface area contributed by atoms with Gasteiger partial charge in [0.15, 0.2) is 0 Å². The van der Waals surface area contributed by atoms with E-state index in [0.29, 0.717) is 11.3 Å². The number of benzene rings is 1. The molecule has 0 atom stereocenters. The van der Waals surface area contributed by atoms with Crippen LogP contribution >= 0.6 is 0 Å². The molecule has 0 aliphatic carbocycles. The van der Waals surface area contributed by atoms with E-state index in [1.807, 2.05) is 6.07 Å². The lowest BCUT2D eigenvalue weighted by atomic mass is 10.2. The maximum Gasteiger partial charge on any atom is 0.313 e. The molecular weight excluding hydrogens is 254 g/mol. The van der Waals surface area contributed by atoms with Crippen molar-refractivity contribution in [3.63, 3.8) is 0 Å². The molecule has 0 saturated carbocycles. The molecule has 20 heavy (non-hydrogen) atoms.